The third-order valence-corrected chi connectivity index (χ3v) is 8.38. The lowest BCUT2D eigenvalue weighted by Gasteiger charge is -2.25. The highest BCUT2D eigenvalue weighted by Crippen LogP contribution is 2.38. The molecule has 0 aliphatic carbocycles. The summed E-state index contributed by atoms with van der Waals surface area (Å²) in [7, 11) is -3.51. The highest BCUT2D eigenvalue weighted by Gasteiger charge is 2.26. The molecule has 1 aromatic heterocycles. The molecule has 1 unspecified atom stereocenters. The molecule has 1 fully saturated rings. The van der Waals surface area contributed by atoms with Gasteiger partial charge in [-0.05, 0) is 43.0 Å². The molecule has 2 aromatic carbocycles. The predicted octanol–water partition coefficient (Wildman–Crippen LogP) is 5.15. The molecule has 1 aliphatic heterocycles. The maximum Gasteiger partial charge on any atom is 0.277 e. The van der Waals surface area contributed by atoms with Crippen LogP contribution in [0.5, 0.6) is 0 Å². The van der Waals surface area contributed by atoms with Crippen LogP contribution in [0.4, 0.5) is 0 Å². The van der Waals surface area contributed by atoms with Crippen molar-refractivity contribution in [3.05, 3.63) is 60.2 Å². The zero-order valence-corrected chi connectivity index (χ0v) is 18.5. The first-order valence-electron chi connectivity index (χ1n) is 10.2. The van der Waals surface area contributed by atoms with Gasteiger partial charge in [0, 0.05) is 23.9 Å². The normalized spacial score (nSPS) is 16.4. The van der Waals surface area contributed by atoms with E-state index in [1.54, 1.807) is 28.6 Å². The summed E-state index contributed by atoms with van der Waals surface area (Å²) in [5, 5.41) is 9.02. The molecule has 30 heavy (non-hydrogen) atoms. The maximum atomic E-state index is 13.0. The monoisotopic (exact) mass is 443 g/mol. The fourth-order valence-electron chi connectivity index (χ4n) is 3.59. The Labute approximate surface area is 181 Å². The summed E-state index contributed by atoms with van der Waals surface area (Å²) >= 11 is 1.52. The van der Waals surface area contributed by atoms with E-state index >= 15 is 0 Å². The zero-order chi connectivity index (χ0) is 21.0. The first kappa shape index (κ1) is 21.1. The molecule has 0 bridgehead atoms. The lowest BCUT2D eigenvalue weighted by Crippen LogP contribution is -2.35. The van der Waals surface area contributed by atoms with Gasteiger partial charge in [0.1, 0.15) is 0 Å². The molecule has 4 rings (SSSR count). The number of rotatable bonds is 7. The Kier molecular flexibility index (Phi) is 6.55. The van der Waals surface area contributed by atoms with Gasteiger partial charge in [-0.3, -0.25) is 0 Å². The van der Waals surface area contributed by atoms with Crippen molar-refractivity contribution in [2.75, 3.05) is 13.1 Å². The van der Waals surface area contributed by atoms with Crippen LogP contribution < -0.4 is 0 Å². The van der Waals surface area contributed by atoms with Crippen LogP contribution >= 0.6 is 11.8 Å². The molecule has 1 saturated heterocycles. The first-order chi connectivity index (χ1) is 14.6. The summed E-state index contributed by atoms with van der Waals surface area (Å²) in [4.78, 5) is 0.269. The van der Waals surface area contributed by atoms with E-state index in [9.17, 15) is 8.42 Å². The van der Waals surface area contributed by atoms with Crippen molar-refractivity contribution in [2.24, 2.45) is 0 Å². The van der Waals surface area contributed by atoms with Gasteiger partial charge >= 0.3 is 0 Å². The van der Waals surface area contributed by atoms with Gasteiger partial charge in [-0.1, -0.05) is 61.5 Å². The van der Waals surface area contributed by atoms with Gasteiger partial charge in [0.05, 0.1) is 4.90 Å². The number of sulfonamides is 1. The minimum Gasteiger partial charge on any atom is -0.411 e. The second kappa shape index (κ2) is 9.32. The van der Waals surface area contributed by atoms with Gasteiger partial charge in [0.15, 0.2) is 0 Å². The van der Waals surface area contributed by atoms with Gasteiger partial charge in [-0.25, -0.2) is 8.42 Å². The molecule has 3 aromatic rings. The van der Waals surface area contributed by atoms with Crippen molar-refractivity contribution >= 4 is 21.8 Å². The molecule has 0 N–H and O–H groups in total. The molecule has 0 spiro atoms. The number of benzene rings is 2. The number of hydrogen-bond donors (Lipinski definition) is 0. The quantitative estimate of drug-likeness (QED) is 0.470. The summed E-state index contributed by atoms with van der Waals surface area (Å²) in [6, 6.07) is 17.0. The zero-order valence-electron chi connectivity index (χ0n) is 16.9. The fraction of sp³-hybridized carbons (Fsp3) is 0.364. The topological polar surface area (TPSA) is 76.3 Å². The van der Waals surface area contributed by atoms with Crippen LogP contribution in [-0.4, -0.2) is 36.0 Å². The third kappa shape index (κ3) is 4.61. The molecule has 0 saturated carbocycles. The number of aromatic nitrogens is 2. The van der Waals surface area contributed by atoms with Crippen LogP contribution in [0.3, 0.4) is 0 Å². The van der Waals surface area contributed by atoms with E-state index in [1.165, 1.54) is 17.3 Å². The van der Waals surface area contributed by atoms with Crippen LogP contribution in [0.25, 0.3) is 11.5 Å². The van der Waals surface area contributed by atoms with Gasteiger partial charge in [-0.15, -0.1) is 10.2 Å². The minimum absolute atomic E-state index is 0.213. The van der Waals surface area contributed by atoms with E-state index in [0.717, 1.165) is 25.7 Å². The molecular weight excluding hydrogens is 418 g/mol. The Morgan fingerprint density at radius 3 is 2.53 bits per heavy atom. The van der Waals surface area contributed by atoms with Gasteiger partial charge in [0.25, 0.3) is 5.22 Å². The number of nitrogens with zero attached hydrogens (tertiary/aromatic N) is 3. The van der Waals surface area contributed by atoms with Crippen molar-refractivity contribution in [2.45, 2.75) is 48.0 Å². The van der Waals surface area contributed by atoms with E-state index in [1.807, 2.05) is 18.2 Å². The molecule has 6 nitrogen and oxygen atoms in total. The number of hydrogen-bond acceptors (Lipinski definition) is 6. The lowest BCUT2D eigenvalue weighted by atomic mass is 10.1. The second-order valence-corrected chi connectivity index (χ2v) is 10.4. The summed E-state index contributed by atoms with van der Waals surface area (Å²) in [5.74, 6) is 0.330. The van der Waals surface area contributed by atoms with Crippen LogP contribution in [-0.2, 0) is 10.0 Å². The van der Waals surface area contributed by atoms with Crippen LogP contribution in [0.2, 0.25) is 0 Å². The molecule has 0 radical (unpaired) electrons. The Bertz CT molecular complexity index is 1080. The molecule has 1 aliphatic rings. The van der Waals surface area contributed by atoms with E-state index in [-0.39, 0.29) is 10.1 Å². The minimum atomic E-state index is -3.51. The van der Waals surface area contributed by atoms with Crippen molar-refractivity contribution in [3.63, 3.8) is 0 Å². The van der Waals surface area contributed by atoms with Crippen LogP contribution in [0.15, 0.2) is 69.1 Å². The van der Waals surface area contributed by atoms with Crippen molar-refractivity contribution in [3.8, 4) is 11.5 Å². The maximum absolute atomic E-state index is 13.0. The molecule has 1 atom stereocenters. The average Bonchev–Trinajstić information content (AvgIpc) is 3.27. The Balaban J connectivity index is 1.54. The van der Waals surface area contributed by atoms with Crippen molar-refractivity contribution in [1.29, 1.82) is 0 Å². The molecule has 8 heteroatoms. The highest BCUT2D eigenvalue weighted by molar-refractivity contribution is 7.99. The summed E-state index contributed by atoms with van der Waals surface area (Å²) in [5.41, 5.74) is 1.82. The number of thioether (sulfide) groups is 1. The fourth-order valence-corrected chi connectivity index (χ4v) is 6.08. The molecular formula is C22H25N3O3S2. The van der Waals surface area contributed by atoms with Crippen LogP contribution in [0, 0.1) is 0 Å². The Morgan fingerprint density at radius 1 is 1.03 bits per heavy atom. The summed E-state index contributed by atoms with van der Waals surface area (Å²) < 4.78 is 33.4. The summed E-state index contributed by atoms with van der Waals surface area (Å²) in [6.07, 6.45) is 3.82. The van der Waals surface area contributed by atoms with E-state index in [2.05, 4.69) is 29.3 Å². The van der Waals surface area contributed by atoms with Crippen LogP contribution in [0.1, 0.15) is 43.4 Å². The molecule has 158 valence electrons. The largest absolute Gasteiger partial charge is 0.411 e. The van der Waals surface area contributed by atoms with E-state index in [4.69, 9.17) is 4.42 Å². The SMILES string of the molecule is CCC(Sc1nnc(-c2cccc(S(=O)(=O)N3CCCCC3)c2)o1)c1ccccc1. The smallest absolute Gasteiger partial charge is 0.277 e. The third-order valence-electron chi connectivity index (χ3n) is 5.23. The number of piperidine rings is 1. The van der Waals surface area contributed by atoms with Gasteiger partial charge in [0.2, 0.25) is 15.9 Å². The van der Waals surface area contributed by atoms with E-state index in [0.29, 0.717) is 29.8 Å². The lowest BCUT2D eigenvalue weighted by molar-refractivity contribution is 0.346. The molecule has 2 heterocycles. The Hall–Kier alpha value is -2.16. The molecule has 0 amide bonds. The van der Waals surface area contributed by atoms with Gasteiger partial charge < -0.3 is 4.42 Å². The standard InChI is InChI=1S/C22H25N3O3S2/c1-2-20(17-10-5-3-6-11-17)29-22-24-23-21(28-22)18-12-9-13-19(16-18)30(26,27)25-14-7-4-8-15-25/h3,5-6,9-13,16,20H,2,4,7-8,14-15H2,1H3. The van der Waals surface area contributed by atoms with E-state index < -0.39 is 10.0 Å². The van der Waals surface area contributed by atoms with Crippen molar-refractivity contribution in [1.82, 2.24) is 14.5 Å². The van der Waals surface area contributed by atoms with Gasteiger partial charge in [-0.2, -0.15) is 4.31 Å². The predicted molar refractivity (Wildman–Crippen MR) is 118 cm³/mol. The average molecular weight is 444 g/mol. The Morgan fingerprint density at radius 2 is 1.80 bits per heavy atom. The van der Waals surface area contributed by atoms with Crippen molar-refractivity contribution < 1.29 is 12.8 Å². The first-order valence-corrected chi connectivity index (χ1v) is 12.6. The summed E-state index contributed by atoms with van der Waals surface area (Å²) in [6.45, 7) is 3.27. The highest BCUT2D eigenvalue weighted by atomic mass is 32.2. The second-order valence-electron chi connectivity index (χ2n) is 7.29.